The van der Waals surface area contributed by atoms with Gasteiger partial charge in [-0.3, -0.25) is 0 Å². The number of amides is 2. The van der Waals surface area contributed by atoms with Crippen LogP contribution in [-0.2, 0) is 0 Å². The molecule has 0 aliphatic heterocycles. The predicted molar refractivity (Wildman–Crippen MR) is 94.9 cm³/mol. The van der Waals surface area contributed by atoms with E-state index in [9.17, 15) is 4.79 Å². The van der Waals surface area contributed by atoms with Gasteiger partial charge in [0.15, 0.2) is 0 Å². The zero-order valence-electron chi connectivity index (χ0n) is 14.0. The Labute approximate surface area is 138 Å². The molecule has 5 nitrogen and oxygen atoms in total. The monoisotopic (exact) mass is 317 g/mol. The van der Waals surface area contributed by atoms with Gasteiger partial charge in [-0.15, -0.1) is 0 Å². The highest BCUT2D eigenvalue weighted by molar-refractivity contribution is 5.89. The average molecular weight is 317 g/mol. The molecule has 0 saturated heterocycles. The molecule has 0 heterocycles. The van der Waals surface area contributed by atoms with E-state index in [1.54, 1.807) is 0 Å². The first-order valence-corrected chi connectivity index (χ1v) is 8.30. The minimum Gasteiger partial charge on any atom is -0.396 e. The molecule has 5 heteroatoms. The summed E-state index contributed by atoms with van der Waals surface area (Å²) < 4.78 is 0. The van der Waals surface area contributed by atoms with Gasteiger partial charge in [0.25, 0.3) is 0 Å². The third-order valence-corrected chi connectivity index (χ3v) is 4.14. The van der Waals surface area contributed by atoms with Crippen molar-refractivity contribution in [3.05, 3.63) is 36.4 Å². The Bertz CT molecular complexity index is 528. The lowest BCUT2D eigenvalue weighted by Crippen LogP contribution is -2.36. The van der Waals surface area contributed by atoms with Gasteiger partial charge in [-0.25, -0.2) is 4.79 Å². The lowest BCUT2D eigenvalue weighted by molar-refractivity contribution is 0.238. The molecule has 1 aliphatic carbocycles. The Balaban J connectivity index is 1.81. The number of hydrogen-bond donors (Lipinski definition) is 3. The van der Waals surface area contributed by atoms with Crippen LogP contribution < -0.4 is 15.5 Å². The van der Waals surface area contributed by atoms with Crippen molar-refractivity contribution in [3.63, 3.8) is 0 Å². The number of hydrogen-bond acceptors (Lipinski definition) is 3. The summed E-state index contributed by atoms with van der Waals surface area (Å²) in [5.41, 5.74) is 1.92. The summed E-state index contributed by atoms with van der Waals surface area (Å²) >= 11 is 0. The zero-order valence-corrected chi connectivity index (χ0v) is 14.0. The van der Waals surface area contributed by atoms with Crippen LogP contribution in [0.1, 0.15) is 26.2 Å². The van der Waals surface area contributed by atoms with E-state index in [1.165, 1.54) is 12.8 Å². The number of unbranched alkanes of at least 4 members (excludes halogenated alkanes) is 1. The summed E-state index contributed by atoms with van der Waals surface area (Å²) in [6, 6.07) is 7.64. The van der Waals surface area contributed by atoms with E-state index in [2.05, 4.69) is 29.5 Å². The van der Waals surface area contributed by atoms with E-state index in [0.717, 1.165) is 24.3 Å². The molecule has 0 radical (unpaired) electrons. The average Bonchev–Trinajstić information content (AvgIpc) is 3.00. The number of aliphatic hydroxyl groups is 1. The van der Waals surface area contributed by atoms with E-state index >= 15 is 0 Å². The van der Waals surface area contributed by atoms with Gasteiger partial charge in [-0.05, 0) is 37.1 Å². The molecule has 2 rings (SSSR count). The molecule has 2 amide bonds. The molecule has 1 aliphatic rings. The van der Waals surface area contributed by atoms with Crippen molar-refractivity contribution in [2.45, 2.75) is 32.2 Å². The van der Waals surface area contributed by atoms with Gasteiger partial charge in [0.2, 0.25) is 0 Å². The maximum Gasteiger partial charge on any atom is 0.319 e. The van der Waals surface area contributed by atoms with Crippen LogP contribution in [0.25, 0.3) is 0 Å². The van der Waals surface area contributed by atoms with Gasteiger partial charge in [0.05, 0.1) is 0 Å². The van der Waals surface area contributed by atoms with Crippen molar-refractivity contribution < 1.29 is 9.90 Å². The minimum atomic E-state index is -0.217. The number of carbonyl (C=O) groups is 1. The second kappa shape index (κ2) is 8.58. The topological polar surface area (TPSA) is 64.6 Å². The van der Waals surface area contributed by atoms with E-state index in [4.69, 9.17) is 5.11 Å². The second-order valence-electron chi connectivity index (χ2n) is 6.09. The summed E-state index contributed by atoms with van der Waals surface area (Å²) in [6.07, 6.45) is 6.99. The largest absolute Gasteiger partial charge is 0.396 e. The number of benzene rings is 1. The van der Waals surface area contributed by atoms with Crippen LogP contribution in [0.4, 0.5) is 16.2 Å². The maximum absolute atomic E-state index is 12.0. The highest BCUT2D eigenvalue weighted by atomic mass is 16.3. The normalized spacial score (nSPS) is 19.6. The van der Waals surface area contributed by atoms with Gasteiger partial charge >= 0.3 is 6.03 Å². The lowest BCUT2D eigenvalue weighted by atomic mass is 10.1. The van der Waals surface area contributed by atoms with Crippen LogP contribution >= 0.6 is 0 Å². The van der Waals surface area contributed by atoms with Crippen molar-refractivity contribution in [1.82, 2.24) is 5.32 Å². The van der Waals surface area contributed by atoms with E-state index in [0.29, 0.717) is 0 Å². The van der Waals surface area contributed by atoms with Crippen molar-refractivity contribution >= 4 is 17.4 Å². The third-order valence-electron chi connectivity index (χ3n) is 4.14. The zero-order chi connectivity index (χ0) is 16.7. The van der Waals surface area contributed by atoms with Crippen LogP contribution in [0.15, 0.2) is 36.4 Å². The van der Waals surface area contributed by atoms with E-state index in [1.807, 2.05) is 36.4 Å². The summed E-state index contributed by atoms with van der Waals surface area (Å²) in [6.45, 7) is 3.34. The van der Waals surface area contributed by atoms with Crippen LogP contribution in [-0.4, -0.2) is 37.4 Å². The SMILES string of the molecule is CCCCN(C)c1ccc(NC(=O)N[C@@H]2C=C[C@H](CO)C2)cc1. The van der Waals surface area contributed by atoms with Gasteiger partial charge in [0.1, 0.15) is 0 Å². The summed E-state index contributed by atoms with van der Waals surface area (Å²) in [5.74, 6) is 0.151. The molecule has 1 aromatic rings. The molecule has 0 saturated carbocycles. The maximum atomic E-state index is 12.0. The van der Waals surface area contributed by atoms with Crippen LogP contribution in [0, 0.1) is 5.92 Å². The molecule has 126 valence electrons. The van der Waals surface area contributed by atoms with E-state index in [-0.39, 0.29) is 24.6 Å². The molecule has 0 bridgehead atoms. The Morgan fingerprint density at radius 3 is 2.65 bits per heavy atom. The van der Waals surface area contributed by atoms with Crippen LogP contribution in [0.5, 0.6) is 0 Å². The number of nitrogens with zero attached hydrogens (tertiary/aromatic N) is 1. The molecule has 23 heavy (non-hydrogen) atoms. The molecular weight excluding hydrogens is 290 g/mol. The molecule has 3 N–H and O–H groups in total. The molecule has 0 unspecified atom stereocenters. The standard InChI is InChI=1S/C18H27N3O2/c1-3-4-11-21(2)17-9-7-15(8-10-17)19-18(23)20-16-6-5-14(12-16)13-22/h5-10,14,16,22H,3-4,11-13H2,1-2H3,(H2,19,20,23)/t14-,16+/m0/s1. The number of carbonyl (C=O) groups excluding carboxylic acids is 1. The Morgan fingerprint density at radius 1 is 1.30 bits per heavy atom. The molecule has 2 atom stereocenters. The minimum absolute atomic E-state index is 0.00778. The second-order valence-corrected chi connectivity index (χ2v) is 6.09. The number of rotatable bonds is 7. The third kappa shape index (κ3) is 5.28. The lowest BCUT2D eigenvalue weighted by Gasteiger charge is -2.19. The molecule has 0 fully saturated rings. The summed E-state index contributed by atoms with van der Waals surface area (Å²) in [5, 5.41) is 14.8. The number of aliphatic hydroxyl groups excluding tert-OH is 1. The molecule has 0 spiro atoms. The highest BCUT2D eigenvalue weighted by Gasteiger charge is 2.19. The fourth-order valence-corrected chi connectivity index (χ4v) is 2.68. The first kappa shape index (κ1) is 17.3. The fraction of sp³-hybridized carbons (Fsp3) is 0.500. The van der Waals surface area contributed by atoms with Gasteiger partial charge in [-0.1, -0.05) is 25.5 Å². The van der Waals surface area contributed by atoms with Gasteiger partial charge in [0, 0.05) is 43.5 Å². The number of urea groups is 1. The Morgan fingerprint density at radius 2 is 2.04 bits per heavy atom. The summed E-state index contributed by atoms with van der Waals surface area (Å²) in [7, 11) is 2.08. The number of anilines is 2. The first-order valence-electron chi connectivity index (χ1n) is 8.30. The Kier molecular flexibility index (Phi) is 6.47. The summed E-state index contributed by atoms with van der Waals surface area (Å²) in [4.78, 5) is 14.2. The van der Waals surface area contributed by atoms with Gasteiger partial charge in [-0.2, -0.15) is 0 Å². The van der Waals surface area contributed by atoms with E-state index < -0.39 is 0 Å². The molecule has 1 aromatic carbocycles. The van der Waals surface area contributed by atoms with Crippen LogP contribution in [0.3, 0.4) is 0 Å². The molecule has 0 aromatic heterocycles. The van der Waals surface area contributed by atoms with Crippen molar-refractivity contribution in [1.29, 1.82) is 0 Å². The van der Waals surface area contributed by atoms with Crippen molar-refractivity contribution in [2.75, 3.05) is 30.4 Å². The first-order chi connectivity index (χ1) is 11.1. The predicted octanol–water partition coefficient (Wildman–Crippen LogP) is 2.98. The number of nitrogens with one attached hydrogen (secondary N) is 2. The van der Waals surface area contributed by atoms with Crippen LogP contribution in [0.2, 0.25) is 0 Å². The fourth-order valence-electron chi connectivity index (χ4n) is 2.68. The smallest absolute Gasteiger partial charge is 0.319 e. The van der Waals surface area contributed by atoms with Crippen molar-refractivity contribution in [2.24, 2.45) is 5.92 Å². The highest BCUT2D eigenvalue weighted by Crippen LogP contribution is 2.19. The Hall–Kier alpha value is -2.01. The molecular formula is C18H27N3O2. The van der Waals surface area contributed by atoms with Crippen molar-refractivity contribution in [3.8, 4) is 0 Å². The van der Waals surface area contributed by atoms with Gasteiger partial charge < -0.3 is 20.6 Å². The quantitative estimate of drug-likeness (QED) is 0.677.